The normalized spacial score (nSPS) is 10.5. The first-order chi connectivity index (χ1) is 8.26. The molecule has 0 bridgehead atoms. The molecule has 0 amide bonds. The number of hydrogen-bond acceptors (Lipinski definition) is 4. The van der Waals surface area contributed by atoms with E-state index < -0.39 is 0 Å². The summed E-state index contributed by atoms with van der Waals surface area (Å²) >= 11 is 0. The fraction of sp³-hybridized carbons (Fsp3) is 0.250. The summed E-state index contributed by atoms with van der Waals surface area (Å²) < 4.78 is 6.18. The Morgan fingerprint density at radius 3 is 2.94 bits per heavy atom. The second-order valence-corrected chi connectivity index (χ2v) is 3.46. The molecule has 5 heteroatoms. The number of ether oxygens (including phenoxy) is 1. The number of hydrogen-bond donors (Lipinski definition) is 1. The number of methoxy groups -OCH3 is 1. The molecule has 2 aromatic rings. The van der Waals surface area contributed by atoms with Gasteiger partial charge in [0.25, 0.3) is 0 Å². The maximum atomic E-state index is 11.4. The molecular weight excluding hydrogens is 222 g/mol. The summed E-state index contributed by atoms with van der Waals surface area (Å²) in [5.41, 5.74) is 1.23. The van der Waals surface area contributed by atoms with Crippen molar-refractivity contribution in [2.75, 3.05) is 20.3 Å². The molecule has 5 nitrogen and oxygen atoms in total. The molecule has 1 N–H and O–H groups in total. The van der Waals surface area contributed by atoms with Gasteiger partial charge in [0.1, 0.15) is 6.61 Å². The SMILES string of the molecule is COC(=O)c1ccc2ccn(OCCO)c2c1. The Bertz CT molecular complexity index is 532. The highest BCUT2D eigenvalue weighted by Gasteiger charge is 2.08. The van der Waals surface area contributed by atoms with Gasteiger partial charge in [-0.3, -0.25) is 0 Å². The summed E-state index contributed by atoms with van der Waals surface area (Å²) in [6.07, 6.45) is 1.74. The largest absolute Gasteiger partial charge is 0.465 e. The van der Waals surface area contributed by atoms with Gasteiger partial charge in [-0.05, 0) is 18.2 Å². The summed E-state index contributed by atoms with van der Waals surface area (Å²) in [6.45, 7) is 0.141. The Morgan fingerprint density at radius 1 is 1.41 bits per heavy atom. The smallest absolute Gasteiger partial charge is 0.337 e. The van der Waals surface area contributed by atoms with Crippen LogP contribution < -0.4 is 4.84 Å². The van der Waals surface area contributed by atoms with Gasteiger partial charge in [0.05, 0.1) is 24.8 Å². The number of rotatable bonds is 4. The van der Waals surface area contributed by atoms with E-state index in [0.717, 1.165) is 10.9 Å². The quantitative estimate of drug-likeness (QED) is 0.798. The van der Waals surface area contributed by atoms with Crippen LogP contribution in [-0.2, 0) is 4.74 Å². The predicted octanol–water partition coefficient (Wildman–Crippen LogP) is 0.849. The van der Waals surface area contributed by atoms with Crippen LogP contribution in [0.25, 0.3) is 10.9 Å². The number of benzene rings is 1. The molecule has 1 heterocycles. The predicted molar refractivity (Wildman–Crippen MR) is 61.8 cm³/mol. The fourth-order valence-corrected chi connectivity index (χ4v) is 1.60. The average molecular weight is 235 g/mol. The van der Waals surface area contributed by atoms with Crippen LogP contribution in [0.5, 0.6) is 0 Å². The molecule has 0 spiro atoms. The first-order valence-corrected chi connectivity index (χ1v) is 5.20. The van der Waals surface area contributed by atoms with Gasteiger partial charge in [0.15, 0.2) is 0 Å². The molecule has 0 radical (unpaired) electrons. The average Bonchev–Trinajstić information content (AvgIpc) is 2.77. The van der Waals surface area contributed by atoms with Gasteiger partial charge in [-0.1, -0.05) is 6.07 Å². The highest BCUT2D eigenvalue weighted by molar-refractivity contribution is 5.94. The van der Waals surface area contributed by atoms with E-state index in [1.807, 2.05) is 12.1 Å². The molecule has 0 aliphatic carbocycles. The number of carbonyl (C=O) groups is 1. The zero-order chi connectivity index (χ0) is 12.3. The lowest BCUT2D eigenvalue weighted by Crippen LogP contribution is -2.14. The number of esters is 1. The van der Waals surface area contributed by atoms with Crippen molar-refractivity contribution in [1.29, 1.82) is 0 Å². The molecule has 0 aliphatic rings. The summed E-state index contributed by atoms with van der Waals surface area (Å²) in [5.74, 6) is -0.387. The van der Waals surface area contributed by atoms with Crippen molar-refractivity contribution < 1.29 is 19.5 Å². The number of carbonyl (C=O) groups excluding carboxylic acids is 1. The fourth-order valence-electron chi connectivity index (χ4n) is 1.60. The van der Waals surface area contributed by atoms with Crippen LogP contribution in [0.2, 0.25) is 0 Å². The minimum atomic E-state index is -0.387. The lowest BCUT2D eigenvalue weighted by atomic mass is 10.2. The van der Waals surface area contributed by atoms with E-state index in [4.69, 9.17) is 9.94 Å². The van der Waals surface area contributed by atoms with E-state index in [-0.39, 0.29) is 19.2 Å². The number of aliphatic hydroxyl groups is 1. The van der Waals surface area contributed by atoms with Gasteiger partial charge in [0.2, 0.25) is 0 Å². The van der Waals surface area contributed by atoms with Crippen molar-refractivity contribution in [2.45, 2.75) is 0 Å². The molecule has 0 fully saturated rings. The van der Waals surface area contributed by atoms with E-state index >= 15 is 0 Å². The maximum absolute atomic E-state index is 11.4. The van der Waals surface area contributed by atoms with Crippen molar-refractivity contribution in [3.8, 4) is 0 Å². The summed E-state index contributed by atoms with van der Waals surface area (Å²) in [4.78, 5) is 16.7. The molecule has 17 heavy (non-hydrogen) atoms. The van der Waals surface area contributed by atoms with Gasteiger partial charge >= 0.3 is 5.97 Å². The van der Waals surface area contributed by atoms with Crippen molar-refractivity contribution in [3.63, 3.8) is 0 Å². The number of aliphatic hydroxyl groups excluding tert-OH is 1. The Morgan fingerprint density at radius 2 is 2.24 bits per heavy atom. The van der Waals surface area contributed by atoms with Gasteiger partial charge < -0.3 is 14.7 Å². The zero-order valence-corrected chi connectivity index (χ0v) is 9.42. The van der Waals surface area contributed by atoms with Crippen LogP contribution in [0.1, 0.15) is 10.4 Å². The topological polar surface area (TPSA) is 60.7 Å². The molecule has 0 saturated heterocycles. The highest BCUT2D eigenvalue weighted by atomic mass is 16.7. The minimum absolute atomic E-state index is 0.0592. The second-order valence-electron chi connectivity index (χ2n) is 3.46. The third-order valence-corrected chi connectivity index (χ3v) is 2.40. The Labute approximate surface area is 98.1 Å². The molecule has 0 atom stereocenters. The van der Waals surface area contributed by atoms with Crippen molar-refractivity contribution >= 4 is 16.9 Å². The lowest BCUT2D eigenvalue weighted by molar-refractivity contribution is 0.0600. The van der Waals surface area contributed by atoms with Crippen molar-refractivity contribution in [2.24, 2.45) is 0 Å². The van der Waals surface area contributed by atoms with Gasteiger partial charge in [-0.25, -0.2) is 4.79 Å². The summed E-state index contributed by atoms with van der Waals surface area (Å²) in [6, 6.07) is 7.08. The van der Waals surface area contributed by atoms with Crippen molar-refractivity contribution in [1.82, 2.24) is 4.73 Å². The lowest BCUT2D eigenvalue weighted by Gasteiger charge is -2.07. The number of fused-ring (bicyclic) bond motifs is 1. The van der Waals surface area contributed by atoms with Crippen molar-refractivity contribution in [3.05, 3.63) is 36.0 Å². The van der Waals surface area contributed by atoms with E-state index in [1.54, 1.807) is 18.3 Å². The van der Waals surface area contributed by atoms with Crippen LogP contribution in [0.3, 0.4) is 0 Å². The molecule has 0 saturated carbocycles. The Hall–Kier alpha value is -2.01. The molecule has 1 aromatic carbocycles. The van der Waals surface area contributed by atoms with E-state index in [1.165, 1.54) is 11.8 Å². The summed E-state index contributed by atoms with van der Waals surface area (Å²) in [5, 5.41) is 9.66. The van der Waals surface area contributed by atoms with Crippen LogP contribution in [0, 0.1) is 0 Å². The first-order valence-electron chi connectivity index (χ1n) is 5.20. The van der Waals surface area contributed by atoms with E-state index in [9.17, 15) is 4.79 Å². The van der Waals surface area contributed by atoms with Crippen LogP contribution in [0.15, 0.2) is 30.5 Å². The monoisotopic (exact) mass is 235 g/mol. The van der Waals surface area contributed by atoms with Gasteiger partial charge in [-0.2, -0.15) is 4.73 Å². The Balaban J connectivity index is 2.39. The molecule has 1 aromatic heterocycles. The third kappa shape index (κ3) is 2.24. The maximum Gasteiger partial charge on any atom is 0.337 e. The van der Waals surface area contributed by atoms with Crippen LogP contribution >= 0.6 is 0 Å². The first kappa shape index (κ1) is 11.5. The second kappa shape index (κ2) is 4.88. The number of nitrogens with zero attached hydrogens (tertiary/aromatic N) is 1. The van der Waals surface area contributed by atoms with Crippen LogP contribution in [-0.4, -0.2) is 36.1 Å². The Kier molecular flexibility index (Phi) is 3.30. The third-order valence-electron chi connectivity index (χ3n) is 2.40. The van der Waals surface area contributed by atoms with Gasteiger partial charge in [-0.15, -0.1) is 0 Å². The summed E-state index contributed by atoms with van der Waals surface area (Å²) in [7, 11) is 1.34. The molecule has 0 aliphatic heterocycles. The molecular formula is C12H13NO4. The van der Waals surface area contributed by atoms with Gasteiger partial charge in [0, 0.05) is 11.6 Å². The molecule has 2 rings (SSSR count). The minimum Gasteiger partial charge on any atom is -0.465 e. The van der Waals surface area contributed by atoms with E-state index in [0.29, 0.717) is 5.56 Å². The molecule has 90 valence electrons. The standard InChI is InChI=1S/C12H13NO4/c1-16-12(15)10-3-2-9-4-5-13(11(9)8-10)17-7-6-14/h2-5,8,14H,6-7H2,1H3. The zero-order valence-electron chi connectivity index (χ0n) is 9.42. The highest BCUT2D eigenvalue weighted by Crippen LogP contribution is 2.17. The number of aromatic nitrogens is 1. The van der Waals surface area contributed by atoms with E-state index in [2.05, 4.69) is 4.74 Å². The van der Waals surface area contributed by atoms with Crippen LogP contribution in [0.4, 0.5) is 0 Å². The molecule has 0 unspecified atom stereocenters.